The van der Waals surface area contributed by atoms with E-state index in [0.29, 0.717) is 10.6 Å². The summed E-state index contributed by atoms with van der Waals surface area (Å²) in [4.78, 5) is 10.8. The lowest BCUT2D eigenvalue weighted by Crippen LogP contribution is -2.12. The molecule has 0 saturated carbocycles. The summed E-state index contributed by atoms with van der Waals surface area (Å²) in [6, 6.07) is 3.43. The monoisotopic (exact) mass is 295 g/mol. The van der Waals surface area contributed by atoms with Crippen LogP contribution in [0.3, 0.4) is 0 Å². The largest absolute Gasteiger partial charge is 0.366 e. The standard InChI is InChI=1S/C8H7ClINO/c1-4-2-5(8(11)12)6(9)3-7(4)10/h2-3H,1H3,(H2,11,12). The summed E-state index contributed by atoms with van der Waals surface area (Å²) >= 11 is 7.94. The Bertz CT molecular complexity index is 338. The zero-order valence-electron chi connectivity index (χ0n) is 6.40. The highest BCUT2D eigenvalue weighted by Crippen LogP contribution is 2.21. The molecule has 4 heteroatoms. The van der Waals surface area contributed by atoms with Crippen molar-refractivity contribution in [3.8, 4) is 0 Å². The minimum atomic E-state index is -0.487. The van der Waals surface area contributed by atoms with Crippen LogP contribution in [0.25, 0.3) is 0 Å². The van der Waals surface area contributed by atoms with Crippen molar-refractivity contribution in [3.63, 3.8) is 0 Å². The van der Waals surface area contributed by atoms with Gasteiger partial charge in [-0.25, -0.2) is 0 Å². The predicted molar refractivity (Wildman–Crippen MR) is 57.4 cm³/mol. The molecule has 0 atom stereocenters. The Morgan fingerprint density at radius 3 is 2.67 bits per heavy atom. The van der Waals surface area contributed by atoms with Gasteiger partial charge in [0.1, 0.15) is 0 Å². The van der Waals surface area contributed by atoms with E-state index >= 15 is 0 Å². The first-order chi connectivity index (χ1) is 5.52. The van der Waals surface area contributed by atoms with Gasteiger partial charge < -0.3 is 5.73 Å². The van der Waals surface area contributed by atoms with Crippen molar-refractivity contribution in [1.82, 2.24) is 0 Å². The van der Waals surface area contributed by atoms with Crippen molar-refractivity contribution >= 4 is 40.1 Å². The van der Waals surface area contributed by atoms with Crippen LogP contribution in [-0.4, -0.2) is 5.91 Å². The Morgan fingerprint density at radius 2 is 2.17 bits per heavy atom. The number of nitrogens with two attached hydrogens (primary N) is 1. The summed E-state index contributed by atoms with van der Waals surface area (Å²) < 4.78 is 1.03. The molecular weight excluding hydrogens is 288 g/mol. The third kappa shape index (κ3) is 1.90. The number of aryl methyl sites for hydroxylation is 1. The van der Waals surface area contributed by atoms with Crippen molar-refractivity contribution in [2.45, 2.75) is 6.92 Å². The normalized spacial score (nSPS) is 9.92. The van der Waals surface area contributed by atoms with E-state index in [1.54, 1.807) is 12.1 Å². The summed E-state index contributed by atoms with van der Waals surface area (Å²) in [6.07, 6.45) is 0. The smallest absolute Gasteiger partial charge is 0.250 e. The molecule has 2 nitrogen and oxygen atoms in total. The van der Waals surface area contributed by atoms with Crippen molar-refractivity contribution in [2.24, 2.45) is 5.73 Å². The average Bonchev–Trinajstić information content (AvgIpc) is 1.96. The van der Waals surface area contributed by atoms with Gasteiger partial charge in [0.25, 0.3) is 0 Å². The second kappa shape index (κ2) is 3.62. The SMILES string of the molecule is Cc1cc(C(N)=O)c(Cl)cc1I. The molecule has 1 aromatic rings. The van der Waals surface area contributed by atoms with Gasteiger partial charge in [-0.3, -0.25) is 4.79 Å². The molecule has 12 heavy (non-hydrogen) atoms. The minimum absolute atomic E-state index is 0.384. The molecule has 0 unspecified atom stereocenters. The fourth-order valence-electron chi connectivity index (χ4n) is 0.846. The molecule has 0 radical (unpaired) electrons. The molecule has 1 rings (SSSR count). The van der Waals surface area contributed by atoms with Crippen LogP contribution in [0.15, 0.2) is 12.1 Å². The molecule has 1 amide bonds. The molecule has 1 aromatic carbocycles. The van der Waals surface area contributed by atoms with Gasteiger partial charge in [-0.05, 0) is 47.2 Å². The van der Waals surface area contributed by atoms with E-state index in [1.807, 2.05) is 6.92 Å². The van der Waals surface area contributed by atoms with E-state index < -0.39 is 5.91 Å². The zero-order chi connectivity index (χ0) is 9.30. The number of rotatable bonds is 1. The van der Waals surface area contributed by atoms with Crippen LogP contribution in [-0.2, 0) is 0 Å². The van der Waals surface area contributed by atoms with E-state index in [1.165, 1.54) is 0 Å². The van der Waals surface area contributed by atoms with Gasteiger partial charge in [-0.2, -0.15) is 0 Å². The number of primary amides is 1. The fourth-order valence-corrected chi connectivity index (χ4v) is 1.75. The molecule has 0 bridgehead atoms. The Morgan fingerprint density at radius 1 is 1.58 bits per heavy atom. The molecule has 0 aliphatic rings. The Kier molecular flexibility index (Phi) is 2.95. The van der Waals surface area contributed by atoms with Crippen molar-refractivity contribution in [3.05, 3.63) is 31.9 Å². The quantitative estimate of drug-likeness (QED) is 0.794. The molecule has 64 valence electrons. The molecule has 0 aliphatic heterocycles. The van der Waals surface area contributed by atoms with E-state index in [-0.39, 0.29) is 0 Å². The van der Waals surface area contributed by atoms with E-state index in [4.69, 9.17) is 17.3 Å². The number of carbonyl (C=O) groups is 1. The average molecular weight is 296 g/mol. The highest BCUT2D eigenvalue weighted by Gasteiger charge is 2.08. The maximum Gasteiger partial charge on any atom is 0.250 e. The Balaban J connectivity index is 3.33. The summed E-state index contributed by atoms with van der Waals surface area (Å²) in [5.41, 5.74) is 6.50. The van der Waals surface area contributed by atoms with Crippen LogP contribution in [0.5, 0.6) is 0 Å². The number of amides is 1. The van der Waals surface area contributed by atoms with Gasteiger partial charge in [0.15, 0.2) is 0 Å². The second-order valence-corrected chi connectivity index (χ2v) is 4.01. The molecule has 0 aliphatic carbocycles. The molecule has 0 spiro atoms. The van der Waals surface area contributed by atoms with Crippen LogP contribution >= 0.6 is 34.2 Å². The number of hydrogen-bond donors (Lipinski definition) is 1. The lowest BCUT2D eigenvalue weighted by Gasteiger charge is -2.03. The summed E-state index contributed by atoms with van der Waals surface area (Å²) in [6.45, 7) is 1.91. The Hall–Kier alpha value is -0.290. The highest BCUT2D eigenvalue weighted by atomic mass is 127. The van der Waals surface area contributed by atoms with Crippen LogP contribution in [0.1, 0.15) is 15.9 Å². The summed E-state index contributed by atoms with van der Waals surface area (Å²) in [5, 5.41) is 0.414. The van der Waals surface area contributed by atoms with Crippen LogP contribution in [0.4, 0.5) is 0 Å². The zero-order valence-corrected chi connectivity index (χ0v) is 9.31. The van der Waals surface area contributed by atoms with Crippen LogP contribution in [0.2, 0.25) is 5.02 Å². The first-order valence-corrected chi connectivity index (χ1v) is 4.73. The van der Waals surface area contributed by atoms with Crippen LogP contribution in [0, 0.1) is 10.5 Å². The third-order valence-electron chi connectivity index (χ3n) is 1.51. The van der Waals surface area contributed by atoms with E-state index in [0.717, 1.165) is 9.13 Å². The summed E-state index contributed by atoms with van der Waals surface area (Å²) in [5.74, 6) is -0.487. The molecule has 0 heterocycles. The number of halogens is 2. The van der Waals surface area contributed by atoms with Gasteiger partial charge in [0.2, 0.25) is 5.91 Å². The van der Waals surface area contributed by atoms with Gasteiger partial charge in [-0.15, -0.1) is 0 Å². The molecule has 0 saturated heterocycles. The third-order valence-corrected chi connectivity index (χ3v) is 2.99. The maximum absolute atomic E-state index is 10.8. The van der Waals surface area contributed by atoms with Gasteiger partial charge in [-0.1, -0.05) is 11.6 Å². The highest BCUT2D eigenvalue weighted by molar-refractivity contribution is 14.1. The van der Waals surface area contributed by atoms with Gasteiger partial charge in [0.05, 0.1) is 10.6 Å². The van der Waals surface area contributed by atoms with E-state index in [2.05, 4.69) is 22.6 Å². The minimum Gasteiger partial charge on any atom is -0.366 e. The van der Waals surface area contributed by atoms with Gasteiger partial charge in [0, 0.05) is 3.57 Å². The van der Waals surface area contributed by atoms with Gasteiger partial charge >= 0.3 is 0 Å². The Labute approximate surface area is 89.2 Å². The van der Waals surface area contributed by atoms with Crippen LogP contribution < -0.4 is 5.73 Å². The first-order valence-electron chi connectivity index (χ1n) is 3.28. The van der Waals surface area contributed by atoms with Crippen molar-refractivity contribution in [2.75, 3.05) is 0 Å². The number of hydrogen-bond acceptors (Lipinski definition) is 1. The van der Waals surface area contributed by atoms with Crippen molar-refractivity contribution < 1.29 is 4.79 Å². The first kappa shape index (κ1) is 9.80. The predicted octanol–water partition coefficient (Wildman–Crippen LogP) is 2.35. The van der Waals surface area contributed by atoms with Crippen molar-refractivity contribution in [1.29, 1.82) is 0 Å². The second-order valence-electron chi connectivity index (χ2n) is 2.45. The molecule has 2 N–H and O–H groups in total. The lowest BCUT2D eigenvalue weighted by molar-refractivity contribution is 0.100. The molecular formula is C8H7ClINO. The number of benzene rings is 1. The topological polar surface area (TPSA) is 43.1 Å². The van der Waals surface area contributed by atoms with E-state index in [9.17, 15) is 4.79 Å². The molecule has 0 fully saturated rings. The molecule has 0 aromatic heterocycles. The lowest BCUT2D eigenvalue weighted by atomic mass is 10.1. The fraction of sp³-hybridized carbons (Fsp3) is 0.125. The maximum atomic E-state index is 10.8. The summed E-state index contributed by atoms with van der Waals surface area (Å²) in [7, 11) is 0. The number of carbonyl (C=O) groups excluding carboxylic acids is 1.